The molecule has 124 valence electrons. The first-order valence-corrected chi connectivity index (χ1v) is 8.49. The van der Waals surface area contributed by atoms with Gasteiger partial charge in [0.05, 0.1) is 11.0 Å². The van der Waals surface area contributed by atoms with Crippen LogP contribution < -0.4 is 10.6 Å². The van der Waals surface area contributed by atoms with E-state index in [1.54, 1.807) is 0 Å². The zero-order valence-corrected chi connectivity index (χ0v) is 15.1. The minimum atomic E-state index is 0.644. The lowest BCUT2D eigenvalue weighted by Gasteiger charge is -2.14. The van der Waals surface area contributed by atoms with Crippen LogP contribution in [0.2, 0.25) is 0 Å². The first-order valence-electron chi connectivity index (χ1n) is 8.08. The molecule has 24 heavy (non-hydrogen) atoms. The molecular formula is C19H22N4S. The highest BCUT2D eigenvalue weighted by atomic mass is 32.1. The van der Waals surface area contributed by atoms with Crippen molar-refractivity contribution in [1.29, 1.82) is 0 Å². The maximum Gasteiger partial charge on any atom is 0.170 e. The number of nitrogens with zero attached hydrogens (tertiary/aromatic N) is 2. The highest BCUT2D eigenvalue weighted by molar-refractivity contribution is 7.80. The number of aryl methyl sites for hydroxylation is 3. The van der Waals surface area contributed by atoms with Gasteiger partial charge in [0.1, 0.15) is 5.82 Å². The molecule has 0 aliphatic carbocycles. The van der Waals surface area contributed by atoms with Crippen LogP contribution in [0.4, 0.5) is 5.69 Å². The Labute approximate surface area is 147 Å². The fraction of sp³-hybridized carbons (Fsp3) is 0.263. The SMILES string of the molecule is Cc1ccc(C)c(NC(=S)NCCn2c(C)nc3ccccc32)c1. The molecule has 4 nitrogen and oxygen atoms in total. The number of hydrogen-bond donors (Lipinski definition) is 2. The third-order valence-electron chi connectivity index (χ3n) is 4.11. The number of rotatable bonds is 4. The van der Waals surface area contributed by atoms with Gasteiger partial charge in [-0.1, -0.05) is 24.3 Å². The molecule has 0 unspecified atom stereocenters. The van der Waals surface area contributed by atoms with Gasteiger partial charge >= 0.3 is 0 Å². The number of hydrogen-bond acceptors (Lipinski definition) is 2. The fourth-order valence-corrected chi connectivity index (χ4v) is 3.01. The Bertz CT molecular complexity index is 882. The molecule has 2 aromatic carbocycles. The Kier molecular flexibility index (Phi) is 4.81. The Morgan fingerprint density at radius 1 is 1.12 bits per heavy atom. The summed E-state index contributed by atoms with van der Waals surface area (Å²) in [5.74, 6) is 1.02. The maximum atomic E-state index is 5.42. The second-order valence-corrected chi connectivity index (χ2v) is 6.41. The summed E-state index contributed by atoms with van der Waals surface area (Å²) in [7, 11) is 0. The van der Waals surface area contributed by atoms with Crippen molar-refractivity contribution in [3.8, 4) is 0 Å². The lowest BCUT2D eigenvalue weighted by atomic mass is 10.1. The third-order valence-corrected chi connectivity index (χ3v) is 4.35. The van der Waals surface area contributed by atoms with E-state index in [9.17, 15) is 0 Å². The number of benzene rings is 2. The van der Waals surface area contributed by atoms with Crippen LogP contribution in [0.25, 0.3) is 11.0 Å². The van der Waals surface area contributed by atoms with Gasteiger partial charge in [0.15, 0.2) is 5.11 Å². The summed E-state index contributed by atoms with van der Waals surface area (Å²) in [5, 5.41) is 7.20. The van der Waals surface area contributed by atoms with Crippen molar-refractivity contribution in [2.45, 2.75) is 27.3 Å². The van der Waals surface area contributed by atoms with E-state index in [2.05, 4.69) is 58.3 Å². The number of para-hydroxylation sites is 2. The van der Waals surface area contributed by atoms with Gasteiger partial charge in [-0.25, -0.2) is 4.98 Å². The molecule has 0 saturated heterocycles. The van der Waals surface area contributed by atoms with Gasteiger partial charge in [-0.2, -0.15) is 0 Å². The number of anilines is 1. The van der Waals surface area contributed by atoms with Crippen molar-refractivity contribution in [2.24, 2.45) is 0 Å². The minimum absolute atomic E-state index is 0.644. The summed E-state index contributed by atoms with van der Waals surface area (Å²) in [4.78, 5) is 4.59. The molecule has 1 heterocycles. The fourth-order valence-electron chi connectivity index (χ4n) is 2.80. The number of aromatic nitrogens is 2. The molecule has 0 radical (unpaired) electrons. The summed E-state index contributed by atoms with van der Waals surface area (Å²) in [6.45, 7) is 7.75. The monoisotopic (exact) mass is 338 g/mol. The molecule has 0 aliphatic heterocycles. The summed E-state index contributed by atoms with van der Waals surface area (Å²) in [5.41, 5.74) is 5.64. The minimum Gasteiger partial charge on any atom is -0.361 e. The van der Waals surface area contributed by atoms with Gasteiger partial charge in [0.2, 0.25) is 0 Å². The standard InChI is InChI=1S/C19H22N4S/c1-13-8-9-14(2)17(12-13)22-19(24)20-10-11-23-15(3)21-16-6-4-5-7-18(16)23/h4-9,12H,10-11H2,1-3H3,(H2,20,22,24). The van der Waals surface area contributed by atoms with Crippen LogP contribution in [-0.4, -0.2) is 21.2 Å². The van der Waals surface area contributed by atoms with Crippen LogP contribution in [0.1, 0.15) is 17.0 Å². The molecular weight excluding hydrogens is 316 g/mol. The second-order valence-electron chi connectivity index (χ2n) is 6.00. The molecule has 0 saturated carbocycles. The zero-order chi connectivity index (χ0) is 17.1. The second kappa shape index (κ2) is 7.01. The molecule has 0 spiro atoms. The molecule has 3 rings (SSSR count). The number of imidazole rings is 1. The van der Waals surface area contributed by atoms with Gasteiger partial charge in [0.25, 0.3) is 0 Å². The number of fused-ring (bicyclic) bond motifs is 1. The average molecular weight is 338 g/mol. The smallest absolute Gasteiger partial charge is 0.170 e. The van der Waals surface area contributed by atoms with E-state index in [4.69, 9.17) is 12.2 Å². The molecule has 0 bridgehead atoms. The van der Waals surface area contributed by atoms with Crippen molar-refractivity contribution in [2.75, 3.05) is 11.9 Å². The van der Waals surface area contributed by atoms with E-state index >= 15 is 0 Å². The zero-order valence-electron chi connectivity index (χ0n) is 14.3. The number of nitrogens with one attached hydrogen (secondary N) is 2. The highest BCUT2D eigenvalue weighted by Gasteiger charge is 2.06. The largest absolute Gasteiger partial charge is 0.361 e. The molecule has 2 N–H and O–H groups in total. The summed E-state index contributed by atoms with van der Waals surface area (Å²) in [6, 6.07) is 14.5. The average Bonchev–Trinajstić information content (AvgIpc) is 2.87. The van der Waals surface area contributed by atoms with Gasteiger partial charge in [-0.05, 0) is 62.3 Å². The predicted molar refractivity (Wildman–Crippen MR) is 105 cm³/mol. The lowest BCUT2D eigenvalue weighted by Crippen LogP contribution is -2.31. The van der Waals surface area contributed by atoms with Crippen molar-refractivity contribution < 1.29 is 0 Å². The number of thiocarbonyl (C=S) groups is 1. The Balaban J connectivity index is 1.60. The third kappa shape index (κ3) is 3.57. The Morgan fingerprint density at radius 3 is 2.75 bits per heavy atom. The van der Waals surface area contributed by atoms with Crippen molar-refractivity contribution in [3.05, 3.63) is 59.4 Å². The quantitative estimate of drug-likeness (QED) is 0.707. The summed E-state index contributed by atoms with van der Waals surface area (Å²) < 4.78 is 2.21. The van der Waals surface area contributed by atoms with Gasteiger partial charge < -0.3 is 15.2 Å². The summed E-state index contributed by atoms with van der Waals surface area (Å²) in [6.07, 6.45) is 0. The molecule has 0 amide bonds. The van der Waals surface area contributed by atoms with E-state index in [0.29, 0.717) is 5.11 Å². The Morgan fingerprint density at radius 2 is 1.92 bits per heavy atom. The van der Waals surface area contributed by atoms with Gasteiger partial charge in [-0.15, -0.1) is 0 Å². The van der Waals surface area contributed by atoms with Crippen molar-refractivity contribution >= 4 is 34.1 Å². The maximum absolute atomic E-state index is 5.42. The molecule has 0 aliphatic rings. The Hall–Kier alpha value is -2.40. The van der Waals surface area contributed by atoms with Crippen molar-refractivity contribution in [3.63, 3.8) is 0 Å². The van der Waals surface area contributed by atoms with Crippen molar-refractivity contribution in [1.82, 2.24) is 14.9 Å². The van der Waals surface area contributed by atoms with E-state index in [1.165, 1.54) is 11.1 Å². The van der Waals surface area contributed by atoms with Crippen LogP contribution in [0.15, 0.2) is 42.5 Å². The van der Waals surface area contributed by atoms with Crippen LogP contribution in [0.5, 0.6) is 0 Å². The van der Waals surface area contributed by atoms with Crippen LogP contribution in [0, 0.1) is 20.8 Å². The summed E-state index contributed by atoms with van der Waals surface area (Å²) >= 11 is 5.42. The van der Waals surface area contributed by atoms with Crippen LogP contribution >= 0.6 is 12.2 Å². The topological polar surface area (TPSA) is 41.9 Å². The highest BCUT2D eigenvalue weighted by Crippen LogP contribution is 2.16. The first kappa shape index (κ1) is 16.5. The van der Waals surface area contributed by atoms with Crippen LogP contribution in [-0.2, 0) is 6.54 Å². The molecule has 0 atom stereocenters. The predicted octanol–water partition coefficient (Wildman–Crippen LogP) is 3.95. The lowest BCUT2D eigenvalue weighted by molar-refractivity contribution is 0.673. The molecule has 0 fully saturated rings. The van der Waals surface area contributed by atoms with E-state index in [-0.39, 0.29) is 0 Å². The van der Waals surface area contributed by atoms with Gasteiger partial charge in [-0.3, -0.25) is 0 Å². The molecule has 3 aromatic rings. The van der Waals surface area contributed by atoms with E-state index in [0.717, 1.165) is 35.6 Å². The molecule has 5 heteroatoms. The normalized spacial score (nSPS) is 10.8. The molecule has 1 aromatic heterocycles. The van der Waals surface area contributed by atoms with Crippen LogP contribution in [0.3, 0.4) is 0 Å². The van der Waals surface area contributed by atoms with E-state index < -0.39 is 0 Å². The first-order chi connectivity index (χ1) is 11.5. The van der Waals surface area contributed by atoms with Gasteiger partial charge in [0, 0.05) is 18.8 Å². The van der Waals surface area contributed by atoms with E-state index in [1.807, 2.05) is 25.1 Å².